The van der Waals surface area contributed by atoms with E-state index in [2.05, 4.69) is 10.3 Å². The second kappa shape index (κ2) is 6.65. The summed E-state index contributed by atoms with van der Waals surface area (Å²) in [7, 11) is 1.61. The van der Waals surface area contributed by atoms with Crippen LogP contribution in [0.1, 0.15) is 5.56 Å². The Hall–Kier alpha value is -3.12. The summed E-state index contributed by atoms with van der Waals surface area (Å²) >= 11 is 1.41. The molecule has 1 N–H and O–H groups in total. The Morgan fingerprint density at radius 3 is 2.81 bits per heavy atom. The summed E-state index contributed by atoms with van der Waals surface area (Å²) in [6.07, 6.45) is 1.68. The molecule has 2 heterocycles. The average Bonchev–Trinajstić information content (AvgIpc) is 3.11. The molecule has 0 saturated carbocycles. The molecule has 0 spiro atoms. The SMILES string of the molecule is COc1ccc2oc(=O)c(-c3cnc(Nc4ccccc4C)s3)cc2c1. The molecule has 0 radical (unpaired) electrons. The van der Waals surface area contributed by atoms with Crippen LogP contribution >= 0.6 is 11.3 Å². The summed E-state index contributed by atoms with van der Waals surface area (Å²) in [6, 6.07) is 15.1. The molecule has 0 aliphatic rings. The van der Waals surface area contributed by atoms with Crippen LogP contribution < -0.4 is 15.7 Å². The van der Waals surface area contributed by atoms with Gasteiger partial charge < -0.3 is 14.5 Å². The van der Waals surface area contributed by atoms with Gasteiger partial charge in [-0.05, 0) is 42.8 Å². The van der Waals surface area contributed by atoms with Crippen LogP contribution in [0.5, 0.6) is 5.75 Å². The molecule has 0 unspecified atom stereocenters. The lowest BCUT2D eigenvalue weighted by atomic mass is 10.1. The van der Waals surface area contributed by atoms with Gasteiger partial charge in [0.1, 0.15) is 11.3 Å². The molecule has 0 aliphatic carbocycles. The van der Waals surface area contributed by atoms with Gasteiger partial charge in [-0.2, -0.15) is 0 Å². The van der Waals surface area contributed by atoms with Gasteiger partial charge in [-0.15, -0.1) is 0 Å². The van der Waals surface area contributed by atoms with E-state index in [0.717, 1.165) is 26.6 Å². The number of fused-ring (bicyclic) bond motifs is 1. The highest BCUT2D eigenvalue weighted by Crippen LogP contribution is 2.31. The maximum absolute atomic E-state index is 12.4. The maximum Gasteiger partial charge on any atom is 0.345 e. The molecule has 0 amide bonds. The summed E-state index contributed by atoms with van der Waals surface area (Å²) in [5.74, 6) is 0.712. The van der Waals surface area contributed by atoms with Crippen LogP contribution in [0.3, 0.4) is 0 Å². The fraction of sp³-hybridized carbons (Fsp3) is 0.100. The van der Waals surface area contributed by atoms with Crippen molar-refractivity contribution in [1.29, 1.82) is 0 Å². The number of nitrogens with one attached hydrogen (secondary N) is 1. The highest BCUT2D eigenvalue weighted by atomic mass is 32.1. The van der Waals surface area contributed by atoms with Gasteiger partial charge in [-0.25, -0.2) is 9.78 Å². The van der Waals surface area contributed by atoms with Crippen molar-refractivity contribution in [3.8, 4) is 16.2 Å². The predicted molar refractivity (Wildman–Crippen MR) is 105 cm³/mol. The van der Waals surface area contributed by atoms with Crippen molar-refractivity contribution in [2.24, 2.45) is 0 Å². The number of aromatic nitrogens is 1. The lowest BCUT2D eigenvalue weighted by molar-refractivity contribution is 0.415. The van der Waals surface area contributed by atoms with Crippen LogP contribution in [-0.2, 0) is 0 Å². The summed E-state index contributed by atoms with van der Waals surface area (Å²) in [5, 5.41) is 4.82. The van der Waals surface area contributed by atoms with Gasteiger partial charge in [0.05, 0.1) is 17.6 Å². The molecule has 5 nitrogen and oxygen atoms in total. The van der Waals surface area contributed by atoms with E-state index in [1.54, 1.807) is 25.4 Å². The Bertz CT molecular complexity index is 1150. The quantitative estimate of drug-likeness (QED) is 0.518. The van der Waals surface area contributed by atoms with Gasteiger partial charge in [0.15, 0.2) is 5.13 Å². The van der Waals surface area contributed by atoms with E-state index >= 15 is 0 Å². The van der Waals surface area contributed by atoms with Crippen molar-refractivity contribution in [2.75, 3.05) is 12.4 Å². The summed E-state index contributed by atoms with van der Waals surface area (Å²) in [4.78, 5) is 17.5. The van der Waals surface area contributed by atoms with E-state index in [0.29, 0.717) is 16.9 Å². The Morgan fingerprint density at radius 2 is 2.00 bits per heavy atom. The number of benzene rings is 2. The van der Waals surface area contributed by atoms with Crippen molar-refractivity contribution in [2.45, 2.75) is 6.92 Å². The number of aryl methyl sites for hydroxylation is 1. The van der Waals surface area contributed by atoms with Crippen LogP contribution in [-0.4, -0.2) is 12.1 Å². The number of thiazole rings is 1. The summed E-state index contributed by atoms with van der Waals surface area (Å²) in [5.41, 5.74) is 2.75. The highest BCUT2D eigenvalue weighted by molar-refractivity contribution is 7.18. The third-order valence-electron chi connectivity index (χ3n) is 4.10. The molecule has 4 aromatic rings. The van der Waals surface area contributed by atoms with Gasteiger partial charge in [-0.3, -0.25) is 0 Å². The van der Waals surface area contributed by atoms with Crippen molar-refractivity contribution >= 4 is 33.1 Å². The number of rotatable bonds is 4. The zero-order valence-corrected chi connectivity index (χ0v) is 15.1. The van der Waals surface area contributed by atoms with Gasteiger partial charge in [0.2, 0.25) is 0 Å². The third-order valence-corrected chi connectivity index (χ3v) is 5.04. The second-order valence-corrected chi connectivity index (χ2v) is 6.85. The Kier molecular flexibility index (Phi) is 4.18. The lowest BCUT2D eigenvalue weighted by Gasteiger charge is -2.05. The lowest BCUT2D eigenvalue weighted by Crippen LogP contribution is -2.01. The van der Waals surface area contributed by atoms with Gasteiger partial charge in [0.25, 0.3) is 0 Å². The van der Waals surface area contributed by atoms with Crippen LogP contribution in [0.25, 0.3) is 21.4 Å². The smallest absolute Gasteiger partial charge is 0.345 e. The normalized spacial score (nSPS) is 10.8. The average molecular weight is 364 g/mol. The van der Waals surface area contributed by atoms with Crippen LogP contribution in [0, 0.1) is 6.92 Å². The van der Waals surface area contributed by atoms with E-state index in [1.165, 1.54) is 11.3 Å². The third kappa shape index (κ3) is 3.07. The topological polar surface area (TPSA) is 64.4 Å². The van der Waals surface area contributed by atoms with Crippen molar-refractivity contribution < 1.29 is 9.15 Å². The molecule has 2 aromatic carbocycles. The minimum Gasteiger partial charge on any atom is -0.497 e. The molecule has 0 atom stereocenters. The molecule has 130 valence electrons. The van der Waals surface area contributed by atoms with Crippen LogP contribution in [0.4, 0.5) is 10.8 Å². The predicted octanol–water partition coefficient (Wildman–Crippen LogP) is 4.98. The Balaban J connectivity index is 1.72. The number of anilines is 2. The molecule has 0 fully saturated rings. The number of methoxy groups -OCH3 is 1. The van der Waals surface area contributed by atoms with E-state index < -0.39 is 0 Å². The number of ether oxygens (including phenoxy) is 1. The Labute approximate surface area is 153 Å². The number of hydrogen-bond acceptors (Lipinski definition) is 6. The van der Waals surface area contributed by atoms with Crippen molar-refractivity contribution in [1.82, 2.24) is 4.98 Å². The number of para-hydroxylation sites is 1. The van der Waals surface area contributed by atoms with Gasteiger partial charge in [-0.1, -0.05) is 29.5 Å². The molecular weight excluding hydrogens is 348 g/mol. The summed E-state index contributed by atoms with van der Waals surface area (Å²) in [6.45, 7) is 2.03. The Morgan fingerprint density at radius 1 is 1.15 bits per heavy atom. The molecule has 2 aromatic heterocycles. The van der Waals surface area contributed by atoms with Crippen LogP contribution in [0.15, 0.2) is 63.9 Å². The van der Waals surface area contributed by atoms with Crippen molar-refractivity contribution in [3.05, 3.63) is 70.7 Å². The highest BCUT2D eigenvalue weighted by Gasteiger charge is 2.12. The minimum absolute atomic E-state index is 0.381. The van der Waals surface area contributed by atoms with Crippen LogP contribution in [0.2, 0.25) is 0 Å². The summed E-state index contributed by atoms with van der Waals surface area (Å²) < 4.78 is 10.7. The van der Waals surface area contributed by atoms with E-state index in [-0.39, 0.29) is 5.63 Å². The zero-order chi connectivity index (χ0) is 18.1. The minimum atomic E-state index is -0.381. The maximum atomic E-state index is 12.4. The first-order chi connectivity index (χ1) is 12.6. The molecule has 4 rings (SSSR count). The standard InChI is InChI=1S/C20H16N2O3S/c1-12-5-3-4-6-16(12)22-20-21-11-18(26-20)15-10-13-9-14(24-2)7-8-17(13)25-19(15)23/h3-11H,1-2H3,(H,21,22). The first kappa shape index (κ1) is 16.4. The van der Waals surface area contributed by atoms with Gasteiger partial charge >= 0.3 is 5.63 Å². The molecule has 0 aliphatic heterocycles. The van der Waals surface area contributed by atoms with E-state index in [1.807, 2.05) is 43.3 Å². The van der Waals surface area contributed by atoms with Gasteiger partial charge in [0, 0.05) is 17.3 Å². The fourth-order valence-electron chi connectivity index (χ4n) is 2.69. The van der Waals surface area contributed by atoms with Crippen molar-refractivity contribution in [3.63, 3.8) is 0 Å². The first-order valence-electron chi connectivity index (χ1n) is 8.05. The second-order valence-electron chi connectivity index (χ2n) is 5.82. The fourth-order valence-corrected chi connectivity index (χ4v) is 3.52. The molecule has 0 bridgehead atoms. The van der Waals surface area contributed by atoms with E-state index in [9.17, 15) is 4.79 Å². The number of nitrogens with zero attached hydrogens (tertiary/aromatic N) is 1. The monoisotopic (exact) mass is 364 g/mol. The first-order valence-corrected chi connectivity index (χ1v) is 8.86. The molecule has 26 heavy (non-hydrogen) atoms. The van der Waals surface area contributed by atoms with E-state index in [4.69, 9.17) is 9.15 Å². The zero-order valence-electron chi connectivity index (χ0n) is 14.3. The molecule has 6 heteroatoms. The largest absolute Gasteiger partial charge is 0.497 e. The molecular formula is C20H16N2O3S. The molecule has 0 saturated heterocycles. The number of hydrogen-bond donors (Lipinski definition) is 1.